The Labute approximate surface area is 38.0 Å². The zero-order valence-corrected chi connectivity index (χ0v) is 4.76. The fourth-order valence-electron chi connectivity index (χ4n) is 0.161. The molecule has 0 saturated heterocycles. The van der Waals surface area contributed by atoms with E-state index in [0.717, 1.165) is 0 Å². The quantitative estimate of drug-likeness (QED) is 0.435. The van der Waals surface area contributed by atoms with Gasteiger partial charge in [-0.1, -0.05) is 5.10 Å². The van der Waals surface area contributed by atoms with Crippen LogP contribution < -0.4 is 0 Å². The highest BCUT2D eigenvalue weighted by atomic mass is 31.7. The molecule has 0 amide bonds. The summed E-state index contributed by atoms with van der Waals surface area (Å²) < 4.78 is 0. The Bertz CT molecular complexity index is 111. The highest BCUT2D eigenvalue weighted by Gasteiger charge is 2.03. The van der Waals surface area contributed by atoms with Crippen molar-refractivity contribution in [2.24, 2.45) is 15.2 Å². The third kappa shape index (κ3) is 0.675. The summed E-state index contributed by atoms with van der Waals surface area (Å²) in [4.78, 5) is 3.62. The van der Waals surface area contributed by atoms with Crippen molar-refractivity contribution in [3.63, 3.8) is 0 Å². The van der Waals surface area contributed by atoms with Crippen LogP contribution in [0.4, 0.5) is 0 Å². The fraction of sp³-hybridized carbons (Fsp3) is 0. The number of hydrogen-bond acceptors (Lipinski definition) is 2. The van der Waals surface area contributed by atoms with Crippen LogP contribution in [-0.2, 0) is 0 Å². The first kappa shape index (κ1) is 4.04. The molecule has 30 valence electrons. The lowest BCUT2D eigenvalue weighted by molar-refractivity contribution is 1.14. The molecule has 0 bridgehead atoms. The minimum Gasteiger partial charge on any atom is -0.0863 e. The third-order valence-electron chi connectivity index (χ3n) is 0.349. The summed E-state index contributed by atoms with van der Waals surface area (Å²) in [7, 11) is 2.74. The second kappa shape index (κ2) is 1.55. The zero-order valence-electron chi connectivity index (χ0n) is 2.87. The number of rotatable bonds is 0. The molecule has 1 rings (SSSR count). The van der Waals surface area contributed by atoms with Gasteiger partial charge in [0.05, 0.1) is 4.88 Å². The van der Waals surface area contributed by atoms with Crippen molar-refractivity contribution < 1.29 is 0 Å². The largest absolute Gasteiger partial charge is 0.331 e. The van der Waals surface area contributed by atoms with Crippen molar-refractivity contribution in [3.8, 4) is 0 Å². The van der Waals surface area contributed by atoms with Crippen molar-refractivity contribution >= 4 is 21.8 Å². The van der Waals surface area contributed by atoms with E-state index in [0.29, 0.717) is 0 Å². The highest BCUT2D eigenvalue weighted by molar-refractivity contribution is 7.95. The summed E-state index contributed by atoms with van der Waals surface area (Å²) in [5, 5.41) is 6.82. The van der Waals surface area contributed by atoms with E-state index in [1.54, 1.807) is 5.96 Å². The van der Waals surface area contributed by atoms with Crippen molar-refractivity contribution in [1.29, 1.82) is 0 Å². The highest BCUT2D eigenvalue weighted by Crippen LogP contribution is 2.29. The summed E-state index contributed by atoms with van der Waals surface area (Å²) in [5.41, 5.74) is 0. The summed E-state index contributed by atoms with van der Waals surface area (Å²) in [6, 6.07) is 0. The van der Waals surface area contributed by atoms with Gasteiger partial charge in [-0.25, -0.2) is 0 Å². The van der Waals surface area contributed by atoms with Gasteiger partial charge in [0.25, 0.3) is 5.96 Å². The van der Waals surface area contributed by atoms with Gasteiger partial charge in [0.2, 0.25) is 0 Å². The molecule has 3 nitrogen and oxygen atoms in total. The summed E-state index contributed by atoms with van der Waals surface area (Å²) in [6.07, 6.45) is 0. The van der Waals surface area contributed by atoms with E-state index >= 15 is 0 Å². The minimum absolute atomic E-state index is 0.493. The van der Waals surface area contributed by atoms with Crippen LogP contribution in [0.15, 0.2) is 15.2 Å². The van der Waals surface area contributed by atoms with Crippen molar-refractivity contribution in [2.75, 3.05) is 0 Å². The molecule has 0 aromatic carbocycles. The molecule has 0 fully saturated rings. The van der Waals surface area contributed by atoms with Gasteiger partial charge in [-0.3, -0.25) is 0 Å². The lowest BCUT2D eigenvalue weighted by atomic mass is 11.7. The van der Waals surface area contributed by atoms with Gasteiger partial charge >= 0.3 is 7.36 Å². The second-order valence-electron chi connectivity index (χ2n) is 0.754. The van der Waals surface area contributed by atoms with E-state index in [9.17, 15) is 0 Å². The molecule has 1 heterocycles. The first-order chi connectivity index (χ1) is 2.89. The molecule has 0 radical (unpaired) electrons. The van der Waals surface area contributed by atoms with Crippen molar-refractivity contribution in [2.45, 2.75) is 0 Å². The predicted octanol–water partition coefficient (Wildman–Crippen LogP) is 1.85. The molecule has 5 heteroatoms. The molecule has 6 heavy (non-hydrogen) atoms. The van der Waals surface area contributed by atoms with E-state index in [1.165, 1.54) is 0 Å². The standard InChI is InChI=1S/CH2N3P2/c5-6-1-2-3-4-6/h1,5H/q+1. The van der Waals surface area contributed by atoms with Crippen LogP contribution in [0.1, 0.15) is 0 Å². The maximum atomic E-state index is 3.62. The third-order valence-corrected chi connectivity index (χ3v) is 1.56. The van der Waals surface area contributed by atoms with Crippen LogP contribution in [0.2, 0.25) is 0 Å². The Morgan fingerprint density at radius 2 is 2.50 bits per heavy atom. The molecule has 1 atom stereocenters. The normalized spacial score (nSPS) is 23.0. The number of nitrogens with zero attached hydrogens (tertiary/aromatic N) is 3. The lowest BCUT2D eigenvalue weighted by Gasteiger charge is -1.44. The van der Waals surface area contributed by atoms with Gasteiger partial charge in [-0.15, -0.1) is 0 Å². The average Bonchev–Trinajstić information content (AvgIpc) is 1.86. The monoisotopic (exact) mass is 118 g/mol. The van der Waals surface area contributed by atoms with E-state index in [4.69, 9.17) is 0 Å². The Balaban J connectivity index is 2.86. The van der Waals surface area contributed by atoms with Gasteiger partial charge < -0.3 is 0 Å². The predicted molar refractivity (Wildman–Crippen MR) is 28.6 cm³/mol. The van der Waals surface area contributed by atoms with E-state index in [-0.39, 0.29) is 0 Å². The molecule has 0 N–H and O–H groups in total. The van der Waals surface area contributed by atoms with Gasteiger partial charge in [0.15, 0.2) is 0 Å². The van der Waals surface area contributed by atoms with Gasteiger partial charge in [0.1, 0.15) is 8.53 Å². The van der Waals surface area contributed by atoms with Gasteiger partial charge in [-0.05, 0) is 0 Å². The Hall–Kier alpha value is -0.130. The molecule has 0 aromatic rings. The molecule has 0 aromatic heterocycles. The smallest absolute Gasteiger partial charge is 0.0863 e. The molecule has 1 aliphatic heterocycles. The van der Waals surface area contributed by atoms with E-state index in [2.05, 4.69) is 23.7 Å². The minimum atomic E-state index is -0.493. The topological polar surface area (TPSA) is 37.1 Å². The average molecular weight is 118 g/mol. The fourth-order valence-corrected chi connectivity index (χ4v) is 0.759. The van der Waals surface area contributed by atoms with Crippen LogP contribution in [0, 0.1) is 0 Å². The lowest BCUT2D eigenvalue weighted by Crippen LogP contribution is -1.37. The molecular weight excluding hydrogens is 116 g/mol. The van der Waals surface area contributed by atoms with Crippen LogP contribution in [-0.4, -0.2) is 5.96 Å². The Kier molecular flexibility index (Phi) is 1.04. The molecule has 1 aliphatic rings. The van der Waals surface area contributed by atoms with Crippen LogP contribution in [0.5, 0.6) is 0 Å². The number of hydrogen-bond donors (Lipinski definition) is 0. The van der Waals surface area contributed by atoms with Crippen LogP contribution in [0.3, 0.4) is 0 Å². The molecular formula is CH2N3P2+. The van der Waals surface area contributed by atoms with E-state index < -0.39 is 7.36 Å². The summed E-state index contributed by atoms with van der Waals surface area (Å²) in [6.45, 7) is 0. The maximum Gasteiger partial charge on any atom is 0.331 e. The summed E-state index contributed by atoms with van der Waals surface area (Å²) in [5.74, 6) is 1.67. The Morgan fingerprint density at radius 1 is 1.67 bits per heavy atom. The van der Waals surface area contributed by atoms with Crippen LogP contribution in [0.25, 0.3) is 0 Å². The zero-order chi connectivity index (χ0) is 4.41. The molecule has 0 aliphatic carbocycles. The molecule has 0 spiro atoms. The van der Waals surface area contributed by atoms with Crippen LogP contribution >= 0.6 is 15.9 Å². The SMILES string of the molecule is P=[P+]1C=NN=N1. The van der Waals surface area contributed by atoms with Gasteiger partial charge in [0, 0.05) is 5.22 Å². The molecule has 0 saturated carbocycles. The summed E-state index contributed by atoms with van der Waals surface area (Å²) >= 11 is 0. The Morgan fingerprint density at radius 3 is 2.67 bits per heavy atom. The van der Waals surface area contributed by atoms with E-state index in [1.807, 2.05) is 0 Å². The first-order valence-electron chi connectivity index (χ1n) is 1.34. The first-order valence-corrected chi connectivity index (χ1v) is 4.05. The molecule has 1 unspecified atom stereocenters. The maximum absolute atomic E-state index is 3.62. The second-order valence-corrected chi connectivity index (χ2v) is 3.23. The van der Waals surface area contributed by atoms with Crippen molar-refractivity contribution in [3.05, 3.63) is 0 Å². The van der Waals surface area contributed by atoms with Crippen molar-refractivity contribution in [1.82, 2.24) is 0 Å². The van der Waals surface area contributed by atoms with Gasteiger partial charge in [-0.2, -0.15) is 0 Å².